The SMILES string of the molecule is CCCCOC(=O)c1ccc(/C=C(\C)C=CC2=C(C)CCCC2(C)C)cn1. The molecule has 0 N–H and O–H groups in total. The van der Waals surface area contributed by atoms with Crippen LogP contribution in [-0.4, -0.2) is 17.6 Å². The van der Waals surface area contributed by atoms with Crippen LogP contribution in [0.4, 0.5) is 0 Å². The molecule has 2 rings (SSSR count). The molecule has 0 spiro atoms. The van der Waals surface area contributed by atoms with Crippen LogP contribution in [0.5, 0.6) is 0 Å². The molecule has 0 amide bonds. The molecule has 1 aliphatic carbocycles. The first kappa shape index (κ1) is 21.1. The van der Waals surface area contributed by atoms with E-state index in [-0.39, 0.29) is 11.4 Å². The van der Waals surface area contributed by atoms with E-state index in [0.717, 1.165) is 24.0 Å². The predicted octanol–water partition coefficient (Wildman–Crippen LogP) is 6.52. The van der Waals surface area contributed by atoms with E-state index in [1.165, 1.54) is 30.4 Å². The number of rotatable bonds is 7. The van der Waals surface area contributed by atoms with Crippen LogP contribution in [-0.2, 0) is 4.74 Å². The molecule has 0 saturated carbocycles. The summed E-state index contributed by atoms with van der Waals surface area (Å²) in [5.74, 6) is -0.350. The fourth-order valence-electron chi connectivity index (χ4n) is 3.53. The number of hydrogen-bond acceptors (Lipinski definition) is 3. The van der Waals surface area contributed by atoms with Gasteiger partial charge in [0.25, 0.3) is 0 Å². The Hall–Kier alpha value is -2.16. The Balaban J connectivity index is 2.04. The third kappa shape index (κ3) is 6.20. The number of nitrogens with zero attached hydrogens (tertiary/aromatic N) is 1. The zero-order valence-corrected chi connectivity index (χ0v) is 17.5. The van der Waals surface area contributed by atoms with Gasteiger partial charge in [-0.3, -0.25) is 0 Å². The van der Waals surface area contributed by atoms with E-state index < -0.39 is 0 Å². The minimum absolute atomic E-state index is 0.250. The third-order valence-electron chi connectivity index (χ3n) is 5.18. The number of unbranched alkanes of at least 4 members (excludes halogenated alkanes) is 1. The number of carbonyl (C=O) groups is 1. The molecule has 146 valence electrons. The van der Waals surface area contributed by atoms with Gasteiger partial charge in [-0.15, -0.1) is 0 Å². The number of hydrogen-bond donors (Lipinski definition) is 0. The van der Waals surface area contributed by atoms with Crippen LogP contribution in [0, 0.1) is 5.41 Å². The van der Waals surface area contributed by atoms with Gasteiger partial charge < -0.3 is 4.74 Å². The zero-order chi connectivity index (χ0) is 19.9. The van der Waals surface area contributed by atoms with Gasteiger partial charge in [0.05, 0.1) is 6.61 Å². The molecule has 0 saturated heterocycles. The highest BCUT2D eigenvalue weighted by Crippen LogP contribution is 2.40. The molecule has 0 bridgehead atoms. The van der Waals surface area contributed by atoms with Crippen LogP contribution in [0.25, 0.3) is 6.08 Å². The number of esters is 1. The summed E-state index contributed by atoms with van der Waals surface area (Å²) in [6.45, 7) is 11.5. The summed E-state index contributed by atoms with van der Waals surface area (Å²) < 4.78 is 5.19. The summed E-state index contributed by atoms with van der Waals surface area (Å²) in [4.78, 5) is 16.1. The highest BCUT2D eigenvalue weighted by molar-refractivity contribution is 5.87. The second kappa shape index (κ2) is 9.68. The van der Waals surface area contributed by atoms with E-state index in [1.54, 1.807) is 12.3 Å². The maximum absolute atomic E-state index is 11.9. The van der Waals surface area contributed by atoms with E-state index in [2.05, 4.69) is 57.8 Å². The lowest BCUT2D eigenvalue weighted by Gasteiger charge is -2.32. The highest BCUT2D eigenvalue weighted by Gasteiger charge is 2.26. The van der Waals surface area contributed by atoms with E-state index in [0.29, 0.717) is 12.3 Å². The summed E-state index contributed by atoms with van der Waals surface area (Å²) in [5, 5.41) is 0. The monoisotopic (exact) mass is 367 g/mol. The second-order valence-corrected chi connectivity index (χ2v) is 8.12. The van der Waals surface area contributed by atoms with Crippen LogP contribution in [0.3, 0.4) is 0 Å². The van der Waals surface area contributed by atoms with Gasteiger partial charge in [-0.05, 0) is 62.1 Å². The number of ether oxygens (including phenoxy) is 1. The van der Waals surface area contributed by atoms with Gasteiger partial charge in [0.1, 0.15) is 5.69 Å². The van der Waals surface area contributed by atoms with E-state index >= 15 is 0 Å². The lowest BCUT2D eigenvalue weighted by Crippen LogP contribution is -2.19. The Kier molecular flexibility index (Phi) is 7.58. The molecule has 27 heavy (non-hydrogen) atoms. The summed E-state index contributed by atoms with van der Waals surface area (Å²) in [6.07, 6.45) is 13.9. The van der Waals surface area contributed by atoms with Crippen molar-refractivity contribution in [1.29, 1.82) is 0 Å². The minimum atomic E-state index is -0.350. The van der Waals surface area contributed by atoms with Crippen molar-refractivity contribution in [2.45, 2.75) is 66.7 Å². The average molecular weight is 368 g/mol. The smallest absolute Gasteiger partial charge is 0.356 e. The molecule has 0 fully saturated rings. The van der Waals surface area contributed by atoms with Crippen molar-refractivity contribution in [2.75, 3.05) is 6.61 Å². The maximum atomic E-state index is 11.9. The maximum Gasteiger partial charge on any atom is 0.356 e. The summed E-state index contributed by atoms with van der Waals surface area (Å²) in [7, 11) is 0. The van der Waals surface area contributed by atoms with Crippen LogP contribution < -0.4 is 0 Å². The molecule has 3 nitrogen and oxygen atoms in total. The van der Waals surface area contributed by atoms with Gasteiger partial charge in [-0.25, -0.2) is 9.78 Å². The van der Waals surface area contributed by atoms with Crippen molar-refractivity contribution in [3.8, 4) is 0 Å². The molecule has 0 radical (unpaired) electrons. The molecule has 1 heterocycles. The summed E-state index contributed by atoms with van der Waals surface area (Å²) >= 11 is 0. The molecule has 1 aromatic heterocycles. The van der Waals surface area contributed by atoms with Gasteiger partial charge in [0.15, 0.2) is 0 Å². The zero-order valence-electron chi connectivity index (χ0n) is 17.5. The molecule has 1 aromatic rings. The number of allylic oxidation sites excluding steroid dienone is 5. The lowest BCUT2D eigenvalue weighted by molar-refractivity contribution is 0.0493. The second-order valence-electron chi connectivity index (χ2n) is 8.12. The first-order valence-corrected chi connectivity index (χ1v) is 10.0. The lowest BCUT2D eigenvalue weighted by atomic mass is 9.72. The topological polar surface area (TPSA) is 39.2 Å². The summed E-state index contributed by atoms with van der Waals surface area (Å²) in [6, 6.07) is 3.64. The van der Waals surface area contributed by atoms with Gasteiger partial charge >= 0.3 is 5.97 Å². The van der Waals surface area contributed by atoms with Crippen LogP contribution >= 0.6 is 0 Å². The summed E-state index contributed by atoms with van der Waals surface area (Å²) in [5.41, 5.74) is 5.72. The Morgan fingerprint density at radius 2 is 2.11 bits per heavy atom. The Morgan fingerprint density at radius 1 is 1.33 bits per heavy atom. The van der Waals surface area contributed by atoms with Crippen LogP contribution in [0.2, 0.25) is 0 Å². The van der Waals surface area contributed by atoms with Crippen molar-refractivity contribution in [1.82, 2.24) is 4.98 Å². The van der Waals surface area contributed by atoms with E-state index in [4.69, 9.17) is 4.74 Å². The minimum Gasteiger partial charge on any atom is -0.461 e. The Labute approximate surface area is 164 Å². The Bertz CT molecular complexity index is 736. The van der Waals surface area contributed by atoms with Crippen molar-refractivity contribution >= 4 is 12.0 Å². The molecule has 0 aromatic carbocycles. The van der Waals surface area contributed by atoms with Crippen molar-refractivity contribution in [3.05, 3.63) is 58.5 Å². The number of pyridine rings is 1. The molecular formula is C24H33NO2. The highest BCUT2D eigenvalue weighted by atomic mass is 16.5. The van der Waals surface area contributed by atoms with Gasteiger partial charge in [-0.1, -0.05) is 62.6 Å². The average Bonchev–Trinajstić information content (AvgIpc) is 2.61. The van der Waals surface area contributed by atoms with Gasteiger partial charge in [0.2, 0.25) is 0 Å². The van der Waals surface area contributed by atoms with E-state index in [9.17, 15) is 4.79 Å². The normalized spacial score (nSPS) is 17.4. The molecule has 0 unspecified atom stereocenters. The van der Waals surface area contributed by atoms with Gasteiger partial charge in [-0.2, -0.15) is 0 Å². The first-order chi connectivity index (χ1) is 12.8. The van der Waals surface area contributed by atoms with Crippen LogP contribution in [0.15, 0.2) is 47.2 Å². The van der Waals surface area contributed by atoms with Crippen molar-refractivity contribution in [2.24, 2.45) is 5.41 Å². The molecule has 1 aliphatic rings. The number of carbonyl (C=O) groups excluding carboxylic acids is 1. The van der Waals surface area contributed by atoms with Crippen molar-refractivity contribution < 1.29 is 9.53 Å². The van der Waals surface area contributed by atoms with Gasteiger partial charge in [0, 0.05) is 6.20 Å². The fraction of sp³-hybridized carbons (Fsp3) is 0.500. The molecule has 0 aliphatic heterocycles. The van der Waals surface area contributed by atoms with Crippen molar-refractivity contribution in [3.63, 3.8) is 0 Å². The number of aromatic nitrogens is 1. The third-order valence-corrected chi connectivity index (χ3v) is 5.18. The first-order valence-electron chi connectivity index (χ1n) is 10.0. The van der Waals surface area contributed by atoms with E-state index in [1.807, 2.05) is 6.07 Å². The molecule has 3 heteroatoms. The largest absolute Gasteiger partial charge is 0.461 e. The Morgan fingerprint density at radius 3 is 2.74 bits per heavy atom. The standard InChI is InChI=1S/C24H33NO2/c1-6-7-15-27-23(26)22-13-11-20(17-25-22)16-18(2)10-12-21-19(3)9-8-14-24(21,4)5/h10-13,16-17H,6-9,14-15H2,1-5H3/b12-10?,18-16+. The van der Waals surface area contributed by atoms with Crippen LogP contribution in [0.1, 0.15) is 82.8 Å². The molecular weight excluding hydrogens is 334 g/mol. The quantitative estimate of drug-likeness (QED) is 0.313. The predicted molar refractivity (Wildman–Crippen MR) is 113 cm³/mol. The fourth-order valence-corrected chi connectivity index (χ4v) is 3.53. The molecule has 0 atom stereocenters.